The minimum Gasteiger partial charge on any atom is -0.481 e. The van der Waals surface area contributed by atoms with Crippen LogP contribution >= 0.6 is 0 Å². The topological polar surface area (TPSA) is 66.4 Å². The number of carboxylic acids is 1. The van der Waals surface area contributed by atoms with E-state index in [1.54, 1.807) is 0 Å². The highest BCUT2D eigenvalue weighted by atomic mass is 16.4. The number of hydrogen-bond donors (Lipinski definition) is 2. The molecule has 19 heavy (non-hydrogen) atoms. The van der Waals surface area contributed by atoms with Gasteiger partial charge in [0.2, 0.25) is 0 Å². The number of carbonyl (C=O) groups is 2. The number of amides is 1. The summed E-state index contributed by atoms with van der Waals surface area (Å²) in [5, 5.41) is 11.9. The van der Waals surface area contributed by atoms with E-state index < -0.39 is 5.97 Å². The summed E-state index contributed by atoms with van der Waals surface area (Å²) < 4.78 is 0. The summed E-state index contributed by atoms with van der Waals surface area (Å²) in [6.07, 6.45) is 1.92. The first-order valence-corrected chi connectivity index (χ1v) is 6.58. The lowest BCUT2D eigenvalue weighted by Gasteiger charge is -2.14. The van der Waals surface area contributed by atoms with E-state index in [0.29, 0.717) is 18.4 Å². The van der Waals surface area contributed by atoms with Crippen LogP contribution in [-0.2, 0) is 4.79 Å². The first-order chi connectivity index (χ1) is 8.97. The van der Waals surface area contributed by atoms with Gasteiger partial charge < -0.3 is 10.4 Å². The van der Waals surface area contributed by atoms with Gasteiger partial charge in [0, 0.05) is 11.6 Å². The standard InChI is InChI=1S/C15H19NO3/c1-9-3-6-13(10(2)7-9)14(17)16-12-5-4-11(8-12)15(18)19/h3,6-7,11-12H,4-5,8H2,1-2H3,(H,16,17)(H,18,19)/t11-,12+/m1/s1. The molecule has 2 rings (SSSR count). The number of carbonyl (C=O) groups excluding carboxylic acids is 1. The highest BCUT2D eigenvalue weighted by Gasteiger charge is 2.30. The van der Waals surface area contributed by atoms with Gasteiger partial charge in [-0.05, 0) is 44.7 Å². The quantitative estimate of drug-likeness (QED) is 0.877. The number of nitrogens with one attached hydrogen (secondary N) is 1. The van der Waals surface area contributed by atoms with Crippen LogP contribution in [-0.4, -0.2) is 23.0 Å². The third kappa shape index (κ3) is 3.13. The molecule has 0 radical (unpaired) electrons. The Hall–Kier alpha value is -1.84. The fourth-order valence-electron chi connectivity index (χ4n) is 2.67. The van der Waals surface area contributed by atoms with Crippen molar-refractivity contribution < 1.29 is 14.7 Å². The number of aryl methyl sites for hydroxylation is 2. The van der Waals surface area contributed by atoms with Crippen LogP contribution in [0.4, 0.5) is 0 Å². The predicted molar refractivity (Wildman–Crippen MR) is 72.1 cm³/mol. The molecule has 1 amide bonds. The molecule has 0 bridgehead atoms. The number of aliphatic carboxylic acids is 1. The van der Waals surface area contributed by atoms with Crippen molar-refractivity contribution in [3.63, 3.8) is 0 Å². The molecular formula is C15H19NO3. The van der Waals surface area contributed by atoms with E-state index in [9.17, 15) is 9.59 Å². The molecule has 1 saturated carbocycles. The van der Waals surface area contributed by atoms with Crippen molar-refractivity contribution in [2.75, 3.05) is 0 Å². The van der Waals surface area contributed by atoms with Crippen molar-refractivity contribution >= 4 is 11.9 Å². The maximum absolute atomic E-state index is 12.2. The van der Waals surface area contributed by atoms with Crippen LogP contribution in [0.5, 0.6) is 0 Å². The van der Waals surface area contributed by atoms with E-state index >= 15 is 0 Å². The molecule has 0 spiro atoms. The van der Waals surface area contributed by atoms with Crippen molar-refractivity contribution in [3.05, 3.63) is 34.9 Å². The SMILES string of the molecule is Cc1ccc(C(=O)N[C@H]2CC[C@@H](C(=O)O)C2)c(C)c1. The average molecular weight is 261 g/mol. The monoisotopic (exact) mass is 261 g/mol. The molecule has 2 atom stereocenters. The molecule has 4 heteroatoms. The summed E-state index contributed by atoms with van der Waals surface area (Å²) in [4.78, 5) is 23.0. The summed E-state index contributed by atoms with van der Waals surface area (Å²) in [6, 6.07) is 5.69. The molecule has 0 aromatic heterocycles. The van der Waals surface area contributed by atoms with E-state index in [2.05, 4.69) is 5.32 Å². The molecule has 1 aliphatic carbocycles. The second-order valence-corrected chi connectivity index (χ2v) is 5.34. The maximum atomic E-state index is 12.2. The number of hydrogen-bond acceptors (Lipinski definition) is 2. The van der Waals surface area contributed by atoms with Gasteiger partial charge in [0.25, 0.3) is 5.91 Å². The molecule has 102 valence electrons. The Balaban J connectivity index is 2.00. The normalized spacial score (nSPS) is 22.2. The third-order valence-electron chi connectivity index (χ3n) is 3.74. The van der Waals surface area contributed by atoms with Crippen LogP contribution in [0, 0.1) is 19.8 Å². The Bertz CT molecular complexity index is 510. The van der Waals surface area contributed by atoms with Crippen LogP contribution in [0.1, 0.15) is 40.7 Å². The lowest BCUT2D eigenvalue weighted by molar-refractivity contribution is -0.141. The highest BCUT2D eigenvalue weighted by molar-refractivity contribution is 5.95. The molecule has 0 aliphatic heterocycles. The molecule has 1 aromatic carbocycles. The molecule has 1 aromatic rings. The minimum atomic E-state index is -0.761. The summed E-state index contributed by atoms with van der Waals surface area (Å²) in [6.45, 7) is 3.90. The molecule has 0 unspecified atom stereocenters. The largest absolute Gasteiger partial charge is 0.481 e. The smallest absolute Gasteiger partial charge is 0.306 e. The first-order valence-electron chi connectivity index (χ1n) is 6.58. The molecule has 1 aliphatic rings. The number of carboxylic acid groups (broad SMARTS) is 1. The zero-order valence-corrected chi connectivity index (χ0v) is 11.3. The Morgan fingerprint density at radius 1 is 1.26 bits per heavy atom. The summed E-state index contributed by atoms with van der Waals surface area (Å²) in [5.41, 5.74) is 2.75. The second-order valence-electron chi connectivity index (χ2n) is 5.34. The predicted octanol–water partition coefficient (Wildman–Crippen LogP) is 2.29. The molecule has 1 fully saturated rings. The van der Waals surface area contributed by atoms with E-state index in [1.165, 1.54) is 0 Å². The second kappa shape index (κ2) is 5.43. The first kappa shape index (κ1) is 13.6. The third-order valence-corrected chi connectivity index (χ3v) is 3.74. The molecule has 2 N–H and O–H groups in total. The Kier molecular flexibility index (Phi) is 3.88. The fourth-order valence-corrected chi connectivity index (χ4v) is 2.67. The van der Waals surface area contributed by atoms with Crippen molar-refractivity contribution in [1.82, 2.24) is 5.32 Å². The number of rotatable bonds is 3. The van der Waals surface area contributed by atoms with Gasteiger partial charge in [0.1, 0.15) is 0 Å². The van der Waals surface area contributed by atoms with Crippen LogP contribution in [0.3, 0.4) is 0 Å². The van der Waals surface area contributed by atoms with E-state index in [1.807, 2.05) is 32.0 Å². The van der Waals surface area contributed by atoms with Gasteiger partial charge in [-0.3, -0.25) is 9.59 Å². The van der Waals surface area contributed by atoms with Gasteiger partial charge in [-0.25, -0.2) is 0 Å². The van der Waals surface area contributed by atoms with Gasteiger partial charge in [0.05, 0.1) is 5.92 Å². The van der Waals surface area contributed by atoms with Crippen molar-refractivity contribution in [1.29, 1.82) is 0 Å². The van der Waals surface area contributed by atoms with Crippen molar-refractivity contribution in [2.24, 2.45) is 5.92 Å². The Morgan fingerprint density at radius 3 is 2.58 bits per heavy atom. The van der Waals surface area contributed by atoms with Crippen LogP contribution in [0.25, 0.3) is 0 Å². The van der Waals surface area contributed by atoms with Crippen molar-refractivity contribution in [3.8, 4) is 0 Å². The van der Waals surface area contributed by atoms with Gasteiger partial charge in [0.15, 0.2) is 0 Å². The van der Waals surface area contributed by atoms with Gasteiger partial charge in [-0.1, -0.05) is 17.7 Å². The zero-order valence-electron chi connectivity index (χ0n) is 11.3. The van der Waals surface area contributed by atoms with Crippen LogP contribution in [0.15, 0.2) is 18.2 Å². The number of benzene rings is 1. The lowest BCUT2D eigenvalue weighted by Crippen LogP contribution is -2.33. The Labute approximate surface area is 112 Å². The molecular weight excluding hydrogens is 242 g/mol. The highest BCUT2D eigenvalue weighted by Crippen LogP contribution is 2.26. The van der Waals surface area contributed by atoms with Gasteiger partial charge in [-0.2, -0.15) is 0 Å². The lowest BCUT2D eigenvalue weighted by atomic mass is 10.0. The molecule has 0 heterocycles. The van der Waals surface area contributed by atoms with Crippen molar-refractivity contribution in [2.45, 2.75) is 39.2 Å². The minimum absolute atomic E-state index is 0.0192. The van der Waals surface area contributed by atoms with Gasteiger partial charge >= 0.3 is 5.97 Å². The molecule has 4 nitrogen and oxygen atoms in total. The zero-order chi connectivity index (χ0) is 14.0. The Morgan fingerprint density at radius 2 is 2.00 bits per heavy atom. The maximum Gasteiger partial charge on any atom is 0.306 e. The van der Waals surface area contributed by atoms with E-state index in [4.69, 9.17) is 5.11 Å². The summed E-state index contributed by atoms with van der Waals surface area (Å²) in [5.74, 6) is -1.18. The van der Waals surface area contributed by atoms with E-state index in [-0.39, 0.29) is 17.9 Å². The van der Waals surface area contributed by atoms with Gasteiger partial charge in [-0.15, -0.1) is 0 Å². The van der Waals surface area contributed by atoms with Crippen LogP contribution < -0.4 is 5.32 Å². The summed E-state index contributed by atoms with van der Waals surface area (Å²) in [7, 11) is 0. The van der Waals surface area contributed by atoms with Crippen LogP contribution in [0.2, 0.25) is 0 Å². The van der Waals surface area contributed by atoms with E-state index in [0.717, 1.165) is 17.5 Å². The summed E-state index contributed by atoms with van der Waals surface area (Å²) >= 11 is 0. The average Bonchev–Trinajstić information content (AvgIpc) is 2.77. The molecule has 0 saturated heterocycles. The fraction of sp³-hybridized carbons (Fsp3) is 0.467.